The Kier molecular flexibility index (Phi) is 4.35. The molecule has 1 unspecified atom stereocenters. The summed E-state index contributed by atoms with van der Waals surface area (Å²) >= 11 is 5.89. The summed E-state index contributed by atoms with van der Waals surface area (Å²) in [5.74, 6) is 0.479. The van der Waals surface area contributed by atoms with Gasteiger partial charge < -0.3 is 10.4 Å². The molecule has 0 saturated carbocycles. The Bertz CT molecular complexity index is 554. The Morgan fingerprint density at radius 2 is 1.79 bits per heavy atom. The summed E-state index contributed by atoms with van der Waals surface area (Å²) in [7, 11) is 0. The molecule has 1 atom stereocenters. The Hall–Kier alpha value is -1.65. The fourth-order valence-corrected chi connectivity index (χ4v) is 2.13. The van der Waals surface area contributed by atoms with E-state index in [2.05, 4.69) is 21.4 Å². The average molecular weight is 278 g/mol. The second-order valence-corrected chi connectivity index (χ2v) is 4.87. The van der Waals surface area contributed by atoms with Crippen LogP contribution in [-0.2, 0) is 0 Å². The molecule has 0 fully saturated rings. The van der Waals surface area contributed by atoms with Crippen molar-refractivity contribution in [2.75, 3.05) is 11.9 Å². The minimum atomic E-state index is -0.614. The highest BCUT2D eigenvalue weighted by molar-refractivity contribution is 6.31. The van der Waals surface area contributed by atoms with Gasteiger partial charge in [-0.15, -0.1) is 0 Å². The lowest BCUT2D eigenvalue weighted by atomic mass is 10.0. The maximum absolute atomic E-state index is 10.2. The predicted molar refractivity (Wildman–Crippen MR) is 76.4 cm³/mol. The minimum Gasteiger partial charge on any atom is -0.387 e. The molecule has 0 radical (unpaired) electrons. The first-order chi connectivity index (χ1) is 9.06. The molecular formula is C14H16ClN3O. The number of aliphatic hydroxyl groups is 1. The number of rotatable bonds is 4. The number of nitrogens with zero attached hydrogens (tertiary/aromatic N) is 2. The summed E-state index contributed by atoms with van der Waals surface area (Å²) in [6.07, 6.45) is 2.46. The van der Waals surface area contributed by atoms with Crippen LogP contribution in [0.4, 0.5) is 5.82 Å². The van der Waals surface area contributed by atoms with Crippen LogP contribution in [0.15, 0.2) is 30.6 Å². The highest BCUT2D eigenvalue weighted by atomic mass is 35.5. The van der Waals surface area contributed by atoms with Gasteiger partial charge in [0, 0.05) is 18.9 Å². The molecule has 4 nitrogen and oxygen atoms in total. The Balaban J connectivity index is 2.05. The lowest BCUT2D eigenvalue weighted by molar-refractivity contribution is 0.191. The van der Waals surface area contributed by atoms with Crippen molar-refractivity contribution in [2.45, 2.75) is 20.0 Å². The molecule has 5 heteroatoms. The van der Waals surface area contributed by atoms with Crippen LogP contribution < -0.4 is 5.32 Å². The van der Waals surface area contributed by atoms with Crippen LogP contribution in [0.5, 0.6) is 0 Å². The van der Waals surface area contributed by atoms with Crippen LogP contribution >= 0.6 is 11.6 Å². The topological polar surface area (TPSA) is 58.0 Å². The smallest absolute Gasteiger partial charge is 0.171 e. The third-order valence-electron chi connectivity index (χ3n) is 2.75. The van der Waals surface area contributed by atoms with Gasteiger partial charge in [0.1, 0.15) is 0 Å². The predicted octanol–water partition coefficient (Wildman–Crippen LogP) is 2.89. The summed E-state index contributed by atoms with van der Waals surface area (Å²) in [6, 6.07) is 6.01. The van der Waals surface area contributed by atoms with E-state index in [9.17, 15) is 5.11 Å². The third kappa shape index (κ3) is 3.66. The zero-order chi connectivity index (χ0) is 13.8. The van der Waals surface area contributed by atoms with Gasteiger partial charge in [0.15, 0.2) is 11.0 Å². The SMILES string of the molecule is Cc1cc(C)cc(C(O)CNc2nccnc2Cl)c1. The Labute approximate surface area is 117 Å². The molecule has 1 aromatic heterocycles. The van der Waals surface area contributed by atoms with Crippen molar-refractivity contribution in [3.63, 3.8) is 0 Å². The zero-order valence-electron chi connectivity index (χ0n) is 10.9. The van der Waals surface area contributed by atoms with Crippen molar-refractivity contribution >= 4 is 17.4 Å². The van der Waals surface area contributed by atoms with Crippen molar-refractivity contribution in [3.05, 3.63) is 52.4 Å². The normalized spacial score (nSPS) is 12.2. The molecule has 1 aromatic carbocycles. The van der Waals surface area contributed by atoms with Gasteiger partial charge in [-0.25, -0.2) is 9.97 Å². The molecule has 2 N–H and O–H groups in total. The molecule has 19 heavy (non-hydrogen) atoms. The number of nitrogens with one attached hydrogen (secondary N) is 1. The molecule has 1 heterocycles. The van der Waals surface area contributed by atoms with Gasteiger partial charge in [-0.3, -0.25) is 0 Å². The number of aliphatic hydroxyl groups excluding tert-OH is 1. The van der Waals surface area contributed by atoms with E-state index in [-0.39, 0.29) is 0 Å². The van der Waals surface area contributed by atoms with E-state index in [1.165, 1.54) is 6.20 Å². The summed E-state index contributed by atoms with van der Waals surface area (Å²) in [5, 5.41) is 13.5. The minimum absolute atomic E-state index is 0.301. The van der Waals surface area contributed by atoms with Gasteiger partial charge in [0.05, 0.1) is 6.10 Å². The molecule has 0 saturated heterocycles. The number of halogens is 1. The highest BCUT2D eigenvalue weighted by Gasteiger charge is 2.10. The lowest BCUT2D eigenvalue weighted by Gasteiger charge is -2.14. The van der Waals surface area contributed by atoms with Gasteiger partial charge in [-0.2, -0.15) is 0 Å². The maximum Gasteiger partial charge on any atom is 0.171 e. The summed E-state index contributed by atoms with van der Waals surface area (Å²) in [4.78, 5) is 7.98. The van der Waals surface area contributed by atoms with Crippen LogP contribution in [0, 0.1) is 13.8 Å². The second-order valence-electron chi connectivity index (χ2n) is 4.51. The van der Waals surface area contributed by atoms with Crippen molar-refractivity contribution < 1.29 is 5.11 Å². The van der Waals surface area contributed by atoms with E-state index < -0.39 is 6.10 Å². The number of aryl methyl sites for hydroxylation is 2. The van der Waals surface area contributed by atoms with Crippen molar-refractivity contribution in [3.8, 4) is 0 Å². The molecule has 100 valence electrons. The van der Waals surface area contributed by atoms with E-state index in [1.54, 1.807) is 6.20 Å². The fraction of sp³-hybridized carbons (Fsp3) is 0.286. The standard InChI is InChI=1S/C14H16ClN3O/c1-9-5-10(2)7-11(6-9)12(19)8-18-14-13(15)16-3-4-17-14/h3-7,12,19H,8H2,1-2H3,(H,17,18). The lowest BCUT2D eigenvalue weighted by Crippen LogP contribution is -2.13. The number of hydrogen-bond donors (Lipinski definition) is 2. The first-order valence-electron chi connectivity index (χ1n) is 6.03. The Morgan fingerprint density at radius 3 is 2.42 bits per heavy atom. The second kappa shape index (κ2) is 5.99. The third-order valence-corrected chi connectivity index (χ3v) is 3.02. The van der Waals surface area contributed by atoms with E-state index in [0.29, 0.717) is 17.5 Å². The molecule has 2 aromatic rings. The molecule has 0 bridgehead atoms. The van der Waals surface area contributed by atoms with Crippen LogP contribution in [-0.4, -0.2) is 21.6 Å². The summed E-state index contributed by atoms with van der Waals surface area (Å²) in [5.41, 5.74) is 3.14. The molecule has 0 spiro atoms. The van der Waals surface area contributed by atoms with Gasteiger partial charge in [0.2, 0.25) is 0 Å². The molecule has 2 rings (SSSR count). The largest absolute Gasteiger partial charge is 0.387 e. The van der Waals surface area contributed by atoms with E-state index >= 15 is 0 Å². The van der Waals surface area contributed by atoms with Crippen LogP contribution in [0.1, 0.15) is 22.8 Å². The number of aromatic nitrogens is 2. The number of hydrogen-bond acceptors (Lipinski definition) is 4. The van der Waals surface area contributed by atoms with E-state index in [0.717, 1.165) is 16.7 Å². The summed E-state index contributed by atoms with van der Waals surface area (Å²) < 4.78 is 0. The van der Waals surface area contributed by atoms with E-state index in [4.69, 9.17) is 11.6 Å². The highest BCUT2D eigenvalue weighted by Crippen LogP contribution is 2.19. The quantitative estimate of drug-likeness (QED) is 0.902. The van der Waals surface area contributed by atoms with Crippen molar-refractivity contribution in [1.82, 2.24) is 9.97 Å². The van der Waals surface area contributed by atoms with Gasteiger partial charge >= 0.3 is 0 Å². The number of anilines is 1. The van der Waals surface area contributed by atoms with Crippen LogP contribution in [0.3, 0.4) is 0 Å². The van der Waals surface area contributed by atoms with Crippen molar-refractivity contribution in [2.24, 2.45) is 0 Å². The number of benzene rings is 1. The molecule has 0 aliphatic carbocycles. The molecule has 0 aliphatic rings. The molecule has 0 amide bonds. The van der Waals surface area contributed by atoms with Crippen LogP contribution in [0.25, 0.3) is 0 Å². The molecular weight excluding hydrogens is 262 g/mol. The monoisotopic (exact) mass is 277 g/mol. The zero-order valence-corrected chi connectivity index (χ0v) is 11.6. The van der Waals surface area contributed by atoms with E-state index in [1.807, 2.05) is 26.0 Å². The first kappa shape index (κ1) is 13.8. The van der Waals surface area contributed by atoms with Crippen molar-refractivity contribution in [1.29, 1.82) is 0 Å². The average Bonchev–Trinajstić information content (AvgIpc) is 2.36. The first-order valence-corrected chi connectivity index (χ1v) is 6.40. The molecule has 0 aliphatic heterocycles. The van der Waals surface area contributed by atoms with Gasteiger partial charge in [0.25, 0.3) is 0 Å². The van der Waals surface area contributed by atoms with Gasteiger partial charge in [-0.1, -0.05) is 40.9 Å². The Morgan fingerprint density at radius 1 is 1.16 bits per heavy atom. The summed E-state index contributed by atoms with van der Waals surface area (Å²) in [6.45, 7) is 4.35. The van der Waals surface area contributed by atoms with Gasteiger partial charge in [-0.05, 0) is 19.4 Å². The fourth-order valence-electron chi connectivity index (χ4n) is 1.95. The van der Waals surface area contributed by atoms with Crippen LogP contribution in [0.2, 0.25) is 5.15 Å². The maximum atomic E-state index is 10.2.